The van der Waals surface area contributed by atoms with E-state index in [4.69, 9.17) is 25.2 Å². The first kappa shape index (κ1) is 33.6. The molecule has 0 bridgehead atoms. The van der Waals surface area contributed by atoms with Crippen LogP contribution in [0, 0.1) is 11.3 Å². The van der Waals surface area contributed by atoms with Crippen LogP contribution in [0.15, 0.2) is 18.2 Å². The molecule has 2 aliphatic carbocycles. The first-order valence-electron chi connectivity index (χ1n) is 13.1. The van der Waals surface area contributed by atoms with E-state index in [9.17, 15) is 39.9 Å². The Kier molecular flexibility index (Phi) is 9.94. The molecule has 2 aromatic rings. The molecule has 43 heavy (non-hydrogen) atoms. The number of benzene rings is 2. The van der Waals surface area contributed by atoms with Gasteiger partial charge in [-0.1, -0.05) is 12.1 Å². The molecule has 1 saturated heterocycles. The monoisotopic (exact) mass is 602 g/mol. The summed E-state index contributed by atoms with van der Waals surface area (Å²) in [5.41, 5.74) is 2.37. The van der Waals surface area contributed by atoms with Gasteiger partial charge in [0.15, 0.2) is 17.9 Å². The number of fused-ring (bicyclic) bond motifs is 3. The molecule has 2 aromatic carbocycles. The maximum Gasteiger partial charge on any atom is 0.202 e. The van der Waals surface area contributed by atoms with Crippen molar-refractivity contribution in [2.75, 3.05) is 13.7 Å². The lowest BCUT2D eigenvalue weighted by Crippen LogP contribution is -2.53. The van der Waals surface area contributed by atoms with Crippen LogP contribution in [-0.4, -0.2) is 92.2 Å². The van der Waals surface area contributed by atoms with Gasteiger partial charge in [-0.25, -0.2) is 0 Å². The van der Waals surface area contributed by atoms with E-state index in [2.05, 4.69) is 0 Å². The molecule has 232 valence electrons. The zero-order chi connectivity index (χ0) is 31.1. The molecule has 9 N–H and O–H groups in total. The number of ether oxygens (including phenoxy) is 3. The van der Waals surface area contributed by atoms with Crippen LogP contribution in [0.25, 0.3) is 0 Å². The van der Waals surface area contributed by atoms with E-state index in [1.807, 2.05) is 0 Å². The van der Waals surface area contributed by atoms with Crippen LogP contribution in [0.4, 0.5) is 0 Å². The van der Waals surface area contributed by atoms with Crippen molar-refractivity contribution in [3.8, 4) is 23.3 Å². The molecule has 1 aliphatic heterocycles. The Morgan fingerprint density at radius 2 is 1.81 bits per heavy atom. The molecule has 0 radical (unpaired) electrons. The van der Waals surface area contributed by atoms with Crippen molar-refractivity contribution >= 4 is 17.3 Å². The summed E-state index contributed by atoms with van der Waals surface area (Å²) in [6.07, 6.45) is -5.12. The number of methoxy groups -OCH3 is 1. The third kappa shape index (κ3) is 5.59. The van der Waals surface area contributed by atoms with Crippen LogP contribution in [0.5, 0.6) is 17.2 Å². The normalized spacial score (nSPS) is 27.3. The average molecular weight is 603 g/mol. The van der Waals surface area contributed by atoms with Gasteiger partial charge in [0.2, 0.25) is 5.78 Å². The minimum absolute atomic E-state index is 0. The summed E-state index contributed by atoms with van der Waals surface area (Å²) in [4.78, 5) is 39.7. The molecule has 0 aromatic heterocycles. The van der Waals surface area contributed by atoms with Gasteiger partial charge in [0.1, 0.15) is 29.5 Å². The number of nitrogens with two attached hydrogens (primary N) is 1. The van der Waals surface area contributed by atoms with Crippen LogP contribution in [0.1, 0.15) is 75.8 Å². The Balaban J connectivity index is 0.00000121. The SMILES string of the molecule is CC#N.COc1cccc2c1C(=O)c1c(O)c3c(c(O)c1C2=O)C[C@@](O)(C(=O)CO)C[C@@H]3O[C@H]1C[C@H](N)[C@H](O)[C@H](C)O1.O. The first-order chi connectivity index (χ1) is 19.8. The molecule has 5 rings (SSSR count). The second-order valence-electron chi connectivity index (χ2n) is 10.4. The van der Waals surface area contributed by atoms with E-state index < -0.39 is 95.7 Å². The molecule has 14 heteroatoms. The summed E-state index contributed by atoms with van der Waals surface area (Å²) in [5, 5.41) is 61.0. The fourth-order valence-electron chi connectivity index (χ4n) is 5.75. The van der Waals surface area contributed by atoms with Crippen LogP contribution in [-0.2, 0) is 20.7 Å². The highest BCUT2D eigenvalue weighted by Gasteiger charge is 2.50. The number of hydrogen-bond donors (Lipinski definition) is 6. The van der Waals surface area contributed by atoms with Gasteiger partial charge in [0.05, 0.1) is 48.2 Å². The zero-order valence-corrected chi connectivity index (χ0v) is 23.7. The third-order valence-electron chi connectivity index (χ3n) is 7.81. The second-order valence-corrected chi connectivity index (χ2v) is 10.4. The molecule has 1 fully saturated rings. The fraction of sp³-hybridized carbons (Fsp3) is 0.448. The number of aliphatic hydroxyl groups is 3. The van der Waals surface area contributed by atoms with Crippen LogP contribution in [0.2, 0.25) is 0 Å². The molecule has 6 atom stereocenters. The van der Waals surface area contributed by atoms with E-state index >= 15 is 0 Å². The Bertz CT molecular complexity index is 1470. The Labute approximate surface area is 246 Å². The number of carbonyl (C=O) groups is 3. The van der Waals surface area contributed by atoms with E-state index in [-0.39, 0.29) is 39.9 Å². The number of phenolic OH excluding ortho intramolecular Hbond substituents is 2. The molecule has 3 aliphatic rings. The predicted octanol–water partition coefficient (Wildman–Crippen LogP) is -0.294. The van der Waals surface area contributed by atoms with Gasteiger partial charge in [0.25, 0.3) is 0 Å². The third-order valence-corrected chi connectivity index (χ3v) is 7.81. The number of ketones is 3. The van der Waals surface area contributed by atoms with Crippen LogP contribution < -0.4 is 10.5 Å². The van der Waals surface area contributed by atoms with Crippen molar-refractivity contribution in [3.05, 3.63) is 51.6 Å². The number of nitrogens with zero attached hydrogens (tertiary/aromatic N) is 1. The molecule has 14 nitrogen and oxygen atoms in total. The smallest absolute Gasteiger partial charge is 0.202 e. The topological polar surface area (TPSA) is 261 Å². The summed E-state index contributed by atoms with van der Waals surface area (Å²) in [5.74, 6) is -3.77. The Hall–Kier alpha value is -3.94. The van der Waals surface area contributed by atoms with Gasteiger partial charge >= 0.3 is 0 Å². The maximum absolute atomic E-state index is 13.6. The van der Waals surface area contributed by atoms with Gasteiger partial charge in [0, 0.05) is 48.9 Å². The number of rotatable bonds is 5. The summed E-state index contributed by atoms with van der Waals surface area (Å²) < 4.78 is 17.0. The maximum atomic E-state index is 13.6. The highest BCUT2D eigenvalue weighted by Crippen LogP contribution is 2.52. The molecule has 0 unspecified atom stereocenters. The molecule has 0 amide bonds. The van der Waals surface area contributed by atoms with Gasteiger partial charge in [-0.2, -0.15) is 5.26 Å². The van der Waals surface area contributed by atoms with E-state index in [1.165, 1.54) is 32.2 Å². The fourth-order valence-corrected chi connectivity index (χ4v) is 5.75. The number of phenols is 2. The Morgan fingerprint density at radius 1 is 1.19 bits per heavy atom. The van der Waals surface area contributed by atoms with Crippen molar-refractivity contribution in [3.63, 3.8) is 0 Å². The quantitative estimate of drug-likeness (QED) is 0.205. The summed E-state index contributed by atoms with van der Waals surface area (Å²) >= 11 is 0. The average Bonchev–Trinajstić information content (AvgIpc) is 2.95. The lowest BCUT2D eigenvalue weighted by Gasteiger charge is -2.42. The second kappa shape index (κ2) is 12.7. The highest BCUT2D eigenvalue weighted by molar-refractivity contribution is 6.31. The molecular weight excluding hydrogens is 568 g/mol. The van der Waals surface area contributed by atoms with E-state index in [0.717, 1.165) is 0 Å². The molecular formula is C29H34N2O12. The number of nitriles is 1. The number of hydrogen-bond acceptors (Lipinski definition) is 13. The highest BCUT2D eigenvalue weighted by atomic mass is 16.7. The lowest BCUT2D eigenvalue weighted by molar-refractivity contribution is -0.247. The van der Waals surface area contributed by atoms with Crippen molar-refractivity contribution in [2.45, 2.75) is 69.4 Å². The standard InChI is InChI=1S/C27H29NO11.C2H3N.H2O/c1-10-22(31)13(28)6-17(38-10)39-15-8-27(36,16(30)9-29)7-12-19(15)26(35)21-20(24(12)33)23(32)11-4-3-5-14(37-2)18(11)25(21)34;1-2-3;/h3-5,10,13,15,17,22,29,31,33,35-36H,6-9,28H2,1-2H3;1H3;1H2/t10-,13-,15-,17-,22+,27-;;/m0../s1. The summed E-state index contributed by atoms with van der Waals surface area (Å²) in [7, 11) is 1.32. The first-order valence-corrected chi connectivity index (χ1v) is 13.1. The number of carbonyl (C=O) groups excluding carboxylic acids is 3. The van der Waals surface area contributed by atoms with E-state index in [1.54, 1.807) is 13.0 Å². The van der Waals surface area contributed by atoms with Crippen LogP contribution >= 0.6 is 0 Å². The van der Waals surface area contributed by atoms with Crippen molar-refractivity contribution in [1.29, 1.82) is 5.26 Å². The number of aromatic hydroxyl groups is 2. The van der Waals surface area contributed by atoms with Gasteiger partial charge in [-0.05, 0) is 13.0 Å². The summed E-state index contributed by atoms with van der Waals surface area (Å²) in [6, 6.07) is 5.39. The number of Topliss-reactive ketones (excluding diaryl/α,β-unsaturated/α-hetero) is 1. The van der Waals surface area contributed by atoms with Crippen LogP contribution in [0.3, 0.4) is 0 Å². The minimum atomic E-state index is -2.24. The minimum Gasteiger partial charge on any atom is -0.507 e. The largest absolute Gasteiger partial charge is 0.507 e. The Morgan fingerprint density at radius 3 is 2.40 bits per heavy atom. The van der Waals surface area contributed by atoms with Gasteiger partial charge < -0.3 is 51.0 Å². The lowest BCUT2D eigenvalue weighted by atomic mass is 9.72. The summed E-state index contributed by atoms with van der Waals surface area (Å²) in [6.45, 7) is 1.99. The zero-order valence-electron chi connectivity index (χ0n) is 23.7. The van der Waals surface area contributed by atoms with Crippen molar-refractivity contribution in [2.24, 2.45) is 5.73 Å². The van der Waals surface area contributed by atoms with Crippen molar-refractivity contribution < 1.29 is 59.6 Å². The van der Waals surface area contributed by atoms with Gasteiger partial charge in [-0.15, -0.1) is 0 Å². The molecule has 1 heterocycles. The number of aliphatic hydroxyl groups excluding tert-OH is 2. The molecule has 0 saturated carbocycles. The van der Waals surface area contributed by atoms with Crippen molar-refractivity contribution in [1.82, 2.24) is 0 Å². The molecule has 0 spiro atoms. The van der Waals surface area contributed by atoms with E-state index in [0.29, 0.717) is 0 Å². The predicted molar refractivity (Wildman–Crippen MR) is 147 cm³/mol. The van der Waals surface area contributed by atoms with Gasteiger partial charge in [-0.3, -0.25) is 14.4 Å².